The van der Waals surface area contributed by atoms with Gasteiger partial charge >= 0.3 is 12.0 Å². The molecule has 1 saturated heterocycles. The fraction of sp³-hybridized carbons (Fsp3) is 0.727. The molecule has 1 rings (SSSR count). The molecule has 4 N–H and O–H groups in total. The van der Waals surface area contributed by atoms with Crippen LogP contribution in [-0.2, 0) is 9.59 Å². The largest absolute Gasteiger partial charge is 0.480 e. The van der Waals surface area contributed by atoms with Crippen LogP contribution in [0.4, 0.5) is 4.79 Å². The molecule has 0 aromatic heterocycles. The van der Waals surface area contributed by atoms with Gasteiger partial charge in [0.1, 0.15) is 6.04 Å². The number of aliphatic carboxylic acids is 1. The van der Waals surface area contributed by atoms with Gasteiger partial charge in [-0.25, -0.2) is 9.59 Å². The number of piperidine rings is 1. The monoisotopic (exact) mass is 257 g/mol. The van der Waals surface area contributed by atoms with Gasteiger partial charge in [0.2, 0.25) is 5.91 Å². The number of amides is 3. The van der Waals surface area contributed by atoms with Gasteiger partial charge < -0.3 is 21.1 Å². The average molecular weight is 257 g/mol. The minimum Gasteiger partial charge on any atom is -0.480 e. The summed E-state index contributed by atoms with van der Waals surface area (Å²) in [6.07, 6.45) is 2.02. The molecule has 0 aromatic carbocycles. The van der Waals surface area contributed by atoms with E-state index in [0.717, 1.165) is 0 Å². The normalized spacial score (nSPS) is 20.7. The van der Waals surface area contributed by atoms with E-state index in [0.29, 0.717) is 32.2 Å². The second-order valence-electron chi connectivity index (χ2n) is 4.34. The van der Waals surface area contributed by atoms with Crippen molar-refractivity contribution in [3.8, 4) is 0 Å². The summed E-state index contributed by atoms with van der Waals surface area (Å²) in [4.78, 5) is 33.4. The number of hydrogen-bond donors (Lipinski definition) is 4. The van der Waals surface area contributed by atoms with Gasteiger partial charge in [0, 0.05) is 19.0 Å². The maximum atomic E-state index is 11.6. The Morgan fingerprint density at radius 1 is 1.56 bits per heavy atom. The first-order valence-electron chi connectivity index (χ1n) is 6.09. The number of hydrogen-bond acceptors (Lipinski definition) is 3. The van der Waals surface area contributed by atoms with Crippen LogP contribution >= 0.6 is 0 Å². The average Bonchev–Trinajstić information content (AvgIpc) is 2.31. The number of carboxylic acids is 1. The highest BCUT2D eigenvalue weighted by Gasteiger charge is 2.22. The van der Waals surface area contributed by atoms with Crippen molar-refractivity contribution in [1.82, 2.24) is 16.0 Å². The van der Waals surface area contributed by atoms with Crippen molar-refractivity contribution >= 4 is 17.9 Å². The molecule has 0 saturated carbocycles. The Morgan fingerprint density at radius 2 is 2.28 bits per heavy atom. The lowest BCUT2D eigenvalue weighted by molar-refractivity contribution is -0.139. The molecule has 0 spiro atoms. The topological polar surface area (TPSA) is 108 Å². The fourth-order valence-corrected chi connectivity index (χ4v) is 1.79. The van der Waals surface area contributed by atoms with E-state index in [1.165, 1.54) is 0 Å². The Kier molecular flexibility index (Phi) is 5.41. The SMILES string of the molecule is CCC[C@H](NC(=O)NC1CCC(=O)NC1)C(=O)O. The molecule has 1 aliphatic rings. The molecular formula is C11H19N3O4. The number of carboxylic acid groups (broad SMARTS) is 1. The number of nitrogens with one attached hydrogen (secondary N) is 3. The van der Waals surface area contributed by atoms with Crippen LogP contribution in [0.15, 0.2) is 0 Å². The molecule has 0 radical (unpaired) electrons. The van der Waals surface area contributed by atoms with Crippen LogP contribution < -0.4 is 16.0 Å². The second-order valence-corrected chi connectivity index (χ2v) is 4.34. The quantitative estimate of drug-likeness (QED) is 0.548. The predicted octanol–water partition coefficient (Wildman–Crippen LogP) is -0.182. The first kappa shape index (κ1) is 14.3. The van der Waals surface area contributed by atoms with Gasteiger partial charge in [-0.05, 0) is 12.8 Å². The summed E-state index contributed by atoms with van der Waals surface area (Å²) in [6, 6.07) is -1.51. The first-order chi connectivity index (χ1) is 8.52. The standard InChI is InChI=1S/C11H19N3O4/c1-2-3-8(10(16)17)14-11(18)13-7-4-5-9(15)12-6-7/h7-8H,2-6H2,1H3,(H,12,15)(H,16,17)(H2,13,14,18)/t7?,8-/m0/s1. The molecule has 102 valence electrons. The van der Waals surface area contributed by atoms with Gasteiger partial charge in [0.25, 0.3) is 0 Å². The maximum Gasteiger partial charge on any atom is 0.326 e. The molecule has 0 aromatic rings. The lowest BCUT2D eigenvalue weighted by Gasteiger charge is -2.24. The molecule has 7 nitrogen and oxygen atoms in total. The highest BCUT2D eigenvalue weighted by molar-refractivity contribution is 5.83. The van der Waals surface area contributed by atoms with Crippen molar-refractivity contribution in [2.75, 3.05) is 6.54 Å². The first-order valence-corrected chi connectivity index (χ1v) is 6.09. The van der Waals surface area contributed by atoms with Crippen molar-refractivity contribution in [3.05, 3.63) is 0 Å². The zero-order valence-electron chi connectivity index (χ0n) is 10.4. The summed E-state index contributed by atoms with van der Waals surface area (Å²) < 4.78 is 0. The third kappa shape index (κ3) is 4.60. The Hall–Kier alpha value is -1.79. The van der Waals surface area contributed by atoms with Crippen LogP contribution in [0.25, 0.3) is 0 Å². The number of rotatable bonds is 5. The Balaban J connectivity index is 2.35. The molecule has 1 heterocycles. The summed E-state index contributed by atoms with van der Waals surface area (Å²) >= 11 is 0. The van der Waals surface area contributed by atoms with E-state index >= 15 is 0 Å². The molecule has 18 heavy (non-hydrogen) atoms. The van der Waals surface area contributed by atoms with Gasteiger partial charge in [-0.3, -0.25) is 4.79 Å². The van der Waals surface area contributed by atoms with Crippen LogP contribution in [0.5, 0.6) is 0 Å². The number of carbonyl (C=O) groups excluding carboxylic acids is 2. The minimum atomic E-state index is -1.04. The third-order valence-corrected chi connectivity index (χ3v) is 2.78. The number of carbonyl (C=O) groups is 3. The van der Waals surface area contributed by atoms with E-state index in [4.69, 9.17) is 5.11 Å². The zero-order valence-corrected chi connectivity index (χ0v) is 10.4. The van der Waals surface area contributed by atoms with Crippen LogP contribution in [0.3, 0.4) is 0 Å². The number of urea groups is 1. The van der Waals surface area contributed by atoms with E-state index in [2.05, 4.69) is 16.0 Å². The molecule has 1 fully saturated rings. The maximum absolute atomic E-state index is 11.6. The molecule has 1 unspecified atom stereocenters. The van der Waals surface area contributed by atoms with E-state index in [-0.39, 0.29) is 11.9 Å². The molecule has 0 bridgehead atoms. The van der Waals surface area contributed by atoms with E-state index in [1.807, 2.05) is 6.92 Å². The van der Waals surface area contributed by atoms with Crippen LogP contribution in [0.1, 0.15) is 32.6 Å². The van der Waals surface area contributed by atoms with Gasteiger partial charge in [0.05, 0.1) is 0 Å². The molecule has 2 atom stereocenters. The van der Waals surface area contributed by atoms with Crippen molar-refractivity contribution in [2.24, 2.45) is 0 Å². The molecule has 1 aliphatic heterocycles. The second kappa shape index (κ2) is 6.83. The van der Waals surface area contributed by atoms with Crippen molar-refractivity contribution in [3.63, 3.8) is 0 Å². The van der Waals surface area contributed by atoms with E-state index in [1.54, 1.807) is 0 Å². The molecular weight excluding hydrogens is 238 g/mol. The predicted molar refractivity (Wildman–Crippen MR) is 64.0 cm³/mol. The highest BCUT2D eigenvalue weighted by atomic mass is 16.4. The Labute approximate surface area is 105 Å². The van der Waals surface area contributed by atoms with Gasteiger partial charge in [0.15, 0.2) is 0 Å². The Morgan fingerprint density at radius 3 is 2.78 bits per heavy atom. The lowest BCUT2D eigenvalue weighted by Crippen LogP contribution is -2.53. The molecule has 7 heteroatoms. The minimum absolute atomic E-state index is 0.0251. The summed E-state index contributed by atoms with van der Waals surface area (Å²) in [7, 11) is 0. The van der Waals surface area contributed by atoms with E-state index < -0.39 is 18.0 Å². The Bertz CT molecular complexity index is 322. The zero-order chi connectivity index (χ0) is 13.5. The molecule has 3 amide bonds. The summed E-state index contributed by atoms with van der Waals surface area (Å²) in [5.74, 6) is -1.06. The smallest absolute Gasteiger partial charge is 0.326 e. The van der Waals surface area contributed by atoms with Crippen LogP contribution in [0, 0.1) is 0 Å². The van der Waals surface area contributed by atoms with Gasteiger partial charge in [-0.2, -0.15) is 0 Å². The van der Waals surface area contributed by atoms with Gasteiger partial charge in [-0.1, -0.05) is 13.3 Å². The summed E-state index contributed by atoms with van der Waals surface area (Å²) in [6.45, 7) is 2.24. The van der Waals surface area contributed by atoms with Crippen molar-refractivity contribution in [2.45, 2.75) is 44.7 Å². The fourth-order valence-electron chi connectivity index (χ4n) is 1.79. The van der Waals surface area contributed by atoms with Crippen LogP contribution in [0.2, 0.25) is 0 Å². The van der Waals surface area contributed by atoms with E-state index in [9.17, 15) is 14.4 Å². The summed E-state index contributed by atoms with van der Waals surface area (Å²) in [5, 5.41) is 16.6. The lowest BCUT2D eigenvalue weighted by atomic mass is 10.1. The van der Waals surface area contributed by atoms with Crippen LogP contribution in [-0.4, -0.2) is 41.6 Å². The van der Waals surface area contributed by atoms with Crippen molar-refractivity contribution in [1.29, 1.82) is 0 Å². The van der Waals surface area contributed by atoms with Crippen molar-refractivity contribution < 1.29 is 19.5 Å². The highest BCUT2D eigenvalue weighted by Crippen LogP contribution is 2.03. The van der Waals surface area contributed by atoms with Gasteiger partial charge in [-0.15, -0.1) is 0 Å². The summed E-state index contributed by atoms with van der Waals surface area (Å²) in [5.41, 5.74) is 0. The third-order valence-electron chi connectivity index (χ3n) is 2.78. The molecule has 0 aliphatic carbocycles.